The van der Waals surface area contributed by atoms with Crippen LogP contribution in [0.15, 0.2) is 78.0 Å². The molecular formula is C30H27ClN2O4. The number of hydrogen-bond acceptors (Lipinski definition) is 5. The van der Waals surface area contributed by atoms with Gasteiger partial charge >= 0.3 is 0 Å². The van der Waals surface area contributed by atoms with E-state index in [0.717, 1.165) is 28.2 Å². The molecule has 0 fully saturated rings. The van der Waals surface area contributed by atoms with E-state index in [1.54, 1.807) is 17.0 Å². The molecule has 0 spiro atoms. The number of para-hydroxylation sites is 2. The van der Waals surface area contributed by atoms with Gasteiger partial charge in [0.1, 0.15) is 0 Å². The molecule has 1 amide bonds. The van der Waals surface area contributed by atoms with E-state index in [9.17, 15) is 9.59 Å². The highest BCUT2D eigenvalue weighted by Gasteiger charge is 2.43. The van der Waals surface area contributed by atoms with Crippen molar-refractivity contribution in [2.45, 2.75) is 39.2 Å². The molecule has 7 heteroatoms. The van der Waals surface area contributed by atoms with Crippen molar-refractivity contribution in [2.75, 3.05) is 17.0 Å². The second kappa shape index (κ2) is 8.96. The third-order valence-electron chi connectivity index (χ3n) is 7.15. The lowest BCUT2D eigenvalue weighted by molar-refractivity contribution is -0.119. The molecular weight excluding hydrogens is 488 g/mol. The van der Waals surface area contributed by atoms with Gasteiger partial charge in [-0.15, -0.1) is 0 Å². The highest BCUT2D eigenvalue weighted by atomic mass is 35.5. The van der Waals surface area contributed by atoms with Crippen LogP contribution in [-0.4, -0.2) is 18.5 Å². The van der Waals surface area contributed by atoms with E-state index in [0.29, 0.717) is 34.9 Å². The molecule has 1 N–H and O–H groups in total. The third-order valence-corrected chi connectivity index (χ3v) is 7.40. The van der Waals surface area contributed by atoms with Crippen LogP contribution in [0.3, 0.4) is 0 Å². The largest absolute Gasteiger partial charge is 0.454 e. The number of nitrogens with one attached hydrogen (secondary N) is 1. The van der Waals surface area contributed by atoms with Gasteiger partial charge in [0.05, 0.1) is 23.8 Å². The van der Waals surface area contributed by atoms with E-state index >= 15 is 0 Å². The van der Waals surface area contributed by atoms with Gasteiger partial charge in [-0.1, -0.05) is 55.8 Å². The van der Waals surface area contributed by atoms with Crippen LogP contribution in [-0.2, 0) is 16.0 Å². The standard InChI is InChI=1S/C30H27ClN2O4/c1-30(2)15-22-28(24(34)16-30)29(19-9-12-25-26(14-19)37-17-36-25)33(23-6-4-3-5-21(23)32-22)27(35)13-18-7-10-20(31)11-8-18/h3-12,14,29,32H,13,15-17H2,1-2H3/t29-/m1/s1. The Morgan fingerprint density at radius 3 is 2.59 bits per heavy atom. The molecule has 0 aromatic heterocycles. The number of carbonyl (C=O) groups excluding carboxylic acids is 2. The maximum atomic E-state index is 14.2. The molecule has 3 aliphatic rings. The monoisotopic (exact) mass is 514 g/mol. The number of anilines is 2. The molecule has 0 bridgehead atoms. The topological polar surface area (TPSA) is 67.9 Å². The highest BCUT2D eigenvalue weighted by Crippen LogP contribution is 2.49. The number of ketones is 1. The van der Waals surface area contributed by atoms with Gasteiger partial charge in [-0.2, -0.15) is 0 Å². The van der Waals surface area contributed by atoms with Gasteiger partial charge in [0, 0.05) is 22.7 Å². The summed E-state index contributed by atoms with van der Waals surface area (Å²) in [4.78, 5) is 29.8. The number of benzene rings is 3. The number of hydrogen-bond donors (Lipinski definition) is 1. The second-order valence-electron chi connectivity index (χ2n) is 10.6. The smallest absolute Gasteiger partial charge is 0.232 e. The Labute approximate surface area is 220 Å². The molecule has 0 saturated heterocycles. The molecule has 0 saturated carbocycles. The SMILES string of the molecule is CC1(C)CC(=O)C2=C(C1)Nc1ccccc1N(C(=O)Cc1ccc(Cl)cc1)[C@@H]2c1ccc2c(c1)OCO2. The number of ether oxygens (including phenoxy) is 2. The zero-order chi connectivity index (χ0) is 25.7. The average Bonchev–Trinajstić information content (AvgIpc) is 3.27. The zero-order valence-electron chi connectivity index (χ0n) is 20.7. The Morgan fingerprint density at radius 1 is 1.03 bits per heavy atom. The van der Waals surface area contributed by atoms with Crippen LogP contribution in [0.1, 0.15) is 43.9 Å². The van der Waals surface area contributed by atoms with Crippen molar-refractivity contribution >= 4 is 34.7 Å². The van der Waals surface area contributed by atoms with E-state index in [1.807, 2.05) is 54.6 Å². The van der Waals surface area contributed by atoms with Crippen molar-refractivity contribution in [3.8, 4) is 11.5 Å². The first-order chi connectivity index (χ1) is 17.8. The fraction of sp³-hybridized carbons (Fsp3) is 0.267. The second-order valence-corrected chi connectivity index (χ2v) is 11.0. The predicted molar refractivity (Wildman–Crippen MR) is 143 cm³/mol. The average molecular weight is 515 g/mol. The van der Waals surface area contributed by atoms with Gasteiger partial charge in [0.25, 0.3) is 0 Å². The van der Waals surface area contributed by atoms with Crippen LogP contribution >= 0.6 is 11.6 Å². The predicted octanol–water partition coefficient (Wildman–Crippen LogP) is 6.45. The molecule has 1 atom stereocenters. The molecule has 2 aliphatic heterocycles. The molecule has 6 rings (SSSR count). The number of carbonyl (C=O) groups is 2. The lowest BCUT2D eigenvalue weighted by Crippen LogP contribution is -2.40. The first kappa shape index (κ1) is 23.6. The highest BCUT2D eigenvalue weighted by molar-refractivity contribution is 6.30. The quantitative estimate of drug-likeness (QED) is 0.435. The summed E-state index contributed by atoms with van der Waals surface area (Å²) in [7, 11) is 0. The fourth-order valence-corrected chi connectivity index (χ4v) is 5.65. The van der Waals surface area contributed by atoms with Crippen molar-refractivity contribution in [2.24, 2.45) is 5.41 Å². The lowest BCUT2D eigenvalue weighted by Gasteiger charge is -2.37. The van der Waals surface area contributed by atoms with Crippen LogP contribution < -0.4 is 19.7 Å². The summed E-state index contributed by atoms with van der Waals surface area (Å²) in [5.74, 6) is 1.18. The van der Waals surface area contributed by atoms with Crippen LogP contribution in [0.2, 0.25) is 5.02 Å². The lowest BCUT2D eigenvalue weighted by atomic mass is 9.73. The summed E-state index contributed by atoms with van der Waals surface area (Å²) in [6, 6.07) is 20.1. The van der Waals surface area contributed by atoms with Gasteiger partial charge in [0.15, 0.2) is 17.3 Å². The molecule has 2 heterocycles. The maximum absolute atomic E-state index is 14.2. The molecule has 188 valence electrons. The van der Waals surface area contributed by atoms with Crippen molar-refractivity contribution in [1.29, 1.82) is 0 Å². The molecule has 1 aliphatic carbocycles. The van der Waals surface area contributed by atoms with Gasteiger partial charge in [-0.25, -0.2) is 0 Å². The number of rotatable bonds is 3. The van der Waals surface area contributed by atoms with Gasteiger partial charge < -0.3 is 14.8 Å². The fourth-order valence-electron chi connectivity index (χ4n) is 5.52. The summed E-state index contributed by atoms with van der Waals surface area (Å²) in [6.45, 7) is 4.35. The Kier molecular flexibility index (Phi) is 5.72. The Hall–Kier alpha value is -3.77. The van der Waals surface area contributed by atoms with E-state index in [1.165, 1.54) is 0 Å². The van der Waals surface area contributed by atoms with Crippen molar-refractivity contribution in [3.63, 3.8) is 0 Å². The number of fused-ring (bicyclic) bond motifs is 2. The maximum Gasteiger partial charge on any atom is 0.232 e. The molecule has 3 aromatic carbocycles. The summed E-state index contributed by atoms with van der Waals surface area (Å²) in [5.41, 5.74) is 4.46. The summed E-state index contributed by atoms with van der Waals surface area (Å²) < 4.78 is 11.2. The van der Waals surface area contributed by atoms with E-state index in [-0.39, 0.29) is 30.3 Å². The number of Topliss-reactive ketones (excluding diaryl/α,β-unsaturated/α-hetero) is 1. The Bertz CT molecular complexity index is 1440. The zero-order valence-corrected chi connectivity index (χ0v) is 21.5. The summed E-state index contributed by atoms with van der Waals surface area (Å²) in [5, 5.41) is 4.16. The molecule has 37 heavy (non-hydrogen) atoms. The molecule has 0 unspecified atom stereocenters. The van der Waals surface area contributed by atoms with E-state index < -0.39 is 6.04 Å². The van der Waals surface area contributed by atoms with Crippen molar-refractivity contribution in [3.05, 3.63) is 94.1 Å². The Morgan fingerprint density at radius 2 is 1.78 bits per heavy atom. The molecule has 0 radical (unpaired) electrons. The Balaban J connectivity index is 1.55. The summed E-state index contributed by atoms with van der Waals surface area (Å²) in [6.07, 6.45) is 1.27. The third kappa shape index (κ3) is 4.36. The minimum absolute atomic E-state index is 0.0403. The molecule has 6 nitrogen and oxygen atoms in total. The van der Waals surface area contributed by atoms with Gasteiger partial charge in [-0.3, -0.25) is 14.5 Å². The van der Waals surface area contributed by atoms with E-state index in [4.69, 9.17) is 21.1 Å². The number of nitrogens with zero attached hydrogens (tertiary/aromatic N) is 1. The number of amides is 1. The van der Waals surface area contributed by atoms with Gasteiger partial charge in [0.2, 0.25) is 12.7 Å². The van der Waals surface area contributed by atoms with Crippen molar-refractivity contribution in [1.82, 2.24) is 0 Å². The van der Waals surface area contributed by atoms with Crippen molar-refractivity contribution < 1.29 is 19.1 Å². The first-order valence-corrected chi connectivity index (χ1v) is 12.8. The molecule has 3 aromatic rings. The summed E-state index contributed by atoms with van der Waals surface area (Å²) >= 11 is 6.08. The van der Waals surface area contributed by atoms with Crippen LogP contribution in [0.25, 0.3) is 0 Å². The van der Waals surface area contributed by atoms with E-state index in [2.05, 4.69) is 19.2 Å². The minimum atomic E-state index is -0.621. The van der Waals surface area contributed by atoms with Crippen LogP contribution in [0, 0.1) is 5.41 Å². The first-order valence-electron chi connectivity index (χ1n) is 12.4. The number of allylic oxidation sites excluding steroid dienone is 1. The minimum Gasteiger partial charge on any atom is -0.454 e. The van der Waals surface area contributed by atoms with Crippen LogP contribution in [0.5, 0.6) is 11.5 Å². The van der Waals surface area contributed by atoms with Gasteiger partial charge in [-0.05, 0) is 59.4 Å². The normalized spacial score (nSPS) is 19.6. The van der Waals surface area contributed by atoms with Crippen LogP contribution in [0.4, 0.5) is 11.4 Å². The number of halogens is 1.